The van der Waals surface area contributed by atoms with E-state index in [9.17, 15) is 8.78 Å². The van der Waals surface area contributed by atoms with Gasteiger partial charge in [-0.25, -0.2) is 8.78 Å². The van der Waals surface area contributed by atoms with Crippen molar-refractivity contribution in [1.82, 2.24) is 4.98 Å². The van der Waals surface area contributed by atoms with Crippen LogP contribution in [0, 0.1) is 18.6 Å². The number of nitrogens with one attached hydrogen (secondary N) is 1. The zero-order chi connectivity index (χ0) is 20.5. The van der Waals surface area contributed by atoms with Gasteiger partial charge in [-0.1, -0.05) is 29.8 Å². The molecule has 5 heteroatoms. The Morgan fingerprint density at radius 3 is 2.41 bits per heavy atom. The molecule has 1 unspecified atom stereocenters. The first-order valence-electron chi connectivity index (χ1n) is 9.27. The molecule has 4 aromatic rings. The Hall–Kier alpha value is -2.30. The number of H-pyrrole nitrogens is 1. The molecule has 0 aliphatic rings. The van der Waals surface area contributed by atoms with Gasteiger partial charge in [-0.3, -0.25) is 0 Å². The van der Waals surface area contributed by atoms with Gasteiger partial charge < -0.3 is 4.98 Å². The van der Waals surface area contributed by atoms with Crippen LogP contribution >= 0.6 is 23.4 Å². The molecule has 0 saturated carbocycles. The SMILES string of the molecule is CSCc1cc(F)cc2c(C(c3ccc(F)cc3)c3ccc(Cl)cc3C)c[nH]c12. The number of rotatable bonds is 5. The number of halogens is 3. The Labute approximate surface area is 178 Å². The lowest BCUT2D eigenvalue weighted by atomic mass is 9.83. The number of hydrogen-bond donors (Lipinski definition) is 1. The standard InChI is InChI=1S/C24H20ClF2NS/c1-14-9-17(25)5-8-20(14)23(15-3-6-18(26)7-4-15)22-12-28-24-16(13-29-2)10-19(27)11-21(22)24/h3-12,23,28H,13H2,1-2H3. The van der Waals surface area contributed by atoms with E-state index in [1.165, 1.54) is 12.1 Å². The molecule has 0 radical (unpaired) electrons. The first-order valence-corrected chi connectivity index (χ1v) is 11.0. The fourth-order valence-corrected chi connectivity index (χ4v) is 4.71. The van der Waals surface area contributed by atoms with E-state index in [0.717, 1.165) is 44.5 Å². The van der Waals surface area contributed by atoms with Crippen LogP contribution in [0.2, 0.25) is 5.02 Å². The smallest absolute Gasteiger partial charge is 0.124 e. The molecule has 3 aromatic carbocycles. The molecule has 0 aliphatic heterocycles. The molecular formula is C24H20ClF2NS. The number of aromatic amines is 1. The number of aromatic nitrogens is 1. The van der Waals surface area contributed by atoms with Gasteiger partial charge in [0.15, 0.2) is 0 Å². The summed E-state index contributed by atoms with van der Waals surface area (Å²) in [5, 5.41) is 1.51. The van der Waals surface area contributed by atoms with Crippen LogP contribution in [0.3, 0.4) is 0 Å². The van der Waals surface area contributed by atoms with Crippen LogP contribution in [0.25, 0.3) is 10.9 Å². The molecule has 1 atom stereocenters. The average Bonchev–Trinajstić information content (AvgIpc) is 3.09. The maximum atomic E-state index is 14.4. The minimum absolute atomic E-state index is 0.175. The van der Waals surface area contributed by atoms with E-state index in [1.807, 2.05) is 37.6 Å². The second kappa shape index (κ2) is 8.21. The number of benzene rings is 3. The molecule has 0 bridgehead atoms. The zero-order valence-electron chi connectivity index (χ0n) is 16.1. The molecule has 148 valence electrons. The Bertz CT molecular complexity index is 1170. The highest BCUT2D eigenvalue weighted by molar-refractivity contribution is 7.97. The van der Waals surface area contributed by atoms with Crippen molar-refractivity contribution in [3.8, 4) is 0 Å². The molecule has 1 heterocycles. The van der Waals surface area contributed by atoms with Gasteiger partial charge in [0, 0.05) is 33.8 Å². The fraction of sp³-hybridized carbons (Fsp3) is 0.167. The summed E-state index contributed by atoms with van der Waals surface area (Å²) in [6, 6.07) is 15.4. The largest absolute Gasteiger partial charge is 0.361 e. The van der Waals surface area contributed by atoms with Crippen LogP contribution in [-0.2, 0) is 5.75 Å². The average molecular weight is 428 g/mol. The Kier molecular flexibility index (Phi) is 5.66. The van der Waals surface area contributed by atoms with Crippen molar-refractivity contribution in [2.24, 2.45) is 0 Å². The highest BCUT2D eigenvalue weighted by Crippen LogP contribution is 2.39. The van der Waals surface area contributed by atoms with E-state index in [-0.39, 0.29) is 17.6 Å². The Balaban J connectivity index is 1.98. The minimum atomic E-state index is -0.285. The summed E-state index contributed by atoms with van der Waals surface area (Å²) in [6.45, 7) is 2.01. The zero-order valence-corrected chi connectivity index (χ0v) is 17.7. The third kappa shape index (κ3) is 3.92. The lowest BCUT2D eigenvalue weighted by Gasteiger charge is -2.20. The van der Waals surface area contributed by atoms with E-state index < -0.39 is 0 Å². The van der Waals surface area contributed by atoms with E-state index in [0.29, 0.717) is 5.02 Å². The summed E-state index contributed by atoms with van der Waals surface area (Å²) < 4.78 is 28.0. The third-order valence-electron chi connectivity index (χ3n) is 5.22. The van der Waals surface area contributed by atoms with E-state index >= 15 is 0 Å². The normalized spacial score (nSPS) is 12.4. The summed E-state index contributed by atoms with van der Waals surface area (Å²) in [5.41, 5.74) is 5.85. The van der Waals surface area contributed by atoms with Crippen LogP contribution < -0.4 is 0 Å². The van der Waals surface area contributed by atoms with Crippen molar-refractivity contribution in [2.75, 3.05) is 6.26 Å². The number of aryl methyl sites for hydroxylation is 1. The molecule has 1 nitrogen and oxygen atoms in total. The topological polar surface area (TPSA) is 15.8 Å². The maximum absolute atomic E-state index is 14.4. The molecule has 4 rings (SSSR count). The van der Waals surface area contributed by atoms with Crippen LogP contribution in [0.1, 0.15) is 33.7 Å². The van der Waals surface area contributed by atoms with Gasteiger partial charge in [-0.15, -0.1) is 0 Å². The van der Waals surface area contributed by atoms with Crippen molar-refractivity contribution in [3.63, 3.8) is 0 Å². The summed E-state index contributed by atoms with van der Waals surface area (Å²) in [7, 11) is 0. The molecule has 0 saturated heterocycles. The van der Waals surface area contributed by atoms with Gasteiger partial charge in [-0.05, 0) is 77.4 Å². The third-order valence-corrected chi connectivity index (χ3v) is 6.06. The van der Waals surface area contributed by atoms with Crippen molar-refractivity contribution >= 4 is 34.3 Å². The number of hydrogen-bond acceptors (Lipinski definition) is 1. The summed E-state index contributed by atoms with van der Waals surface area (Å²) in [5.74, 6) is 0.00117. The van der Waals surface area contributed by atoms with Gasteiger partial charge >= 0.3 is 0 Å². The summed E-state index contributed by atoms with van der Waals surface area (Å²) in [6.07, 6.45) is 3.94. The van der Waals surface area contributed by atoms with Gasteiger partial charge in [0.05, 0.1) is 0 Å². The highest BCUT2D eigenvalue weighted by Gasteiger charge is 2.23. The predicted octanol–water partition coefficient (Wildman–Crippen LogP) is 7.45. The fourth-order valence-electron chi connectivity index (χ4n) is 3.94. The molecule has 29 heavy (non-hydrogen) atoms. The molecule has 1 N–H and O–H groups in total. The monoisotopic (exact) mass is 427 g/mol. The Morgan fingerprint density at radius 2 is 1.72 bits per heavy atom. The maximum Gasteiger partial charge on any atom is 0.124 e. The van der Waals surface area contributed by atoms with E-state index in [4.69, 9.17) is 11.6 Å². The second-order valence-corrected chi connectivity index (χ2v) is 8.45. The number of fused-ring (bicyclic) bond motifs is 1. The molecular weight excluding hydrogens is 408 g/mol. The summed E-state index contributed by atoms with van der Waals surface area (Å²) in [4.78, 5) is 3.35. The van der Waals surface area contributed by atoms with Crippen LogP contribution in [-0.4, -0.2) is 11.2 Å². The molecule has 0 amide bonds. The first-order chi connectivity index (χ1) is 14.0. The number of thioether (sulfide) groups is 1. The first kappa shape index (κ1) is 20.0. The van der Waals surface area contributed by atoms with Crippen molar-refractivity contribution < 1.29 is 8.78 Å². The van der Waals surface area contributed by atoms with Crippen molar-refractivity contribution in [1.29, 1.82) is 0 Å². The highest BCUT2D eigenvalue weighted by atomic mass is 35.5. The molecule has 0 spiro atoms. The molecule has 1 aromatic heterocycles. The van der Waals surface area contributed by atoms with E-state index in [2.05, 4.69) is 4.98 Å². The Morgan fingerprint density at radius 1 is 0.966 bits per heavy atom. The lowest BCUT2D eigenvalue weighted by molar-refractivity contribution is 0.627. The van der Waals surface area contributed by atoms with Gasteiger partial charge in [-0.2, -0.15) is 11.8 Å². The predicted molar refractivity (Wildman–Crippen MR) is 119 cm³/mol. The quantitative estimate of drug-likeness (QED) is 0.349. The van der Waals surface area contributed by atoms with Gasteiger partial charge in [0.25, 0.3) is 0 Å². The van der Waals surface area contributed by atoms with Crippen LogP contribution in [0.4, 0.5) is 8.78 Å². The van der Waals surface area contributed by atoms with Crippen molar-refractivity contribution in [2.45, 2.75) is 18.6 Å². The lowest BCUT2D eigenvalue weighted by Crippen LogP contribution is -2.05. The summed E-state index contributed by atoms with van der Waals surface area (Å²) >= 11 is 7.83. The van der Waals surface area contributed by atoms with Gasteiger partial charge in [0.1, 0.15) is 11.6 Å². The molecule has 0 aliphatic carbocycles. The van der Waals surface area contributed by atoms with Crippen LogP contribution in [0.5, 0.6) is 0 Å². The minimum Gasteiger partial charge on any atom is -0.361 e. The molecule has 0 fully saturated rings. The van der Waals surface area contributed by atoms with Gasteiger partial charge in [0.2, 0.25) is 0 Å². The van der Waals surface area contributed by atoms with Crippen molar-refractivity contribution in [3.05, 3.63) is 105 Å². The van der Waals surface area contributed by atoms with E-state index in [1.54, 1.807) is 36.0 Å². The van der Waals surface area contributed by atoms with Crippen LogP contribution in [0.15, 0.2) is 60.8 Å². The second-order valence-electron chi connectivity index (χ2n) is 7.15.